The molecule has 0 fully saturated rings. The number of pyridine rings is 1. The molecule has 0 saturated carbocycles. The number of rotatable bonds is 3. The summed E-state index contributed by atoms with van der Waals surface area (Å²) in [6.07, 6.45) is -1.43. The number of hydrogen-bond donors (Lipinski definition) is 2. The monoisotopic (exact) mass is 363 g/mol. The molecule has 0 bridgehead atoms. The Morgan fingerprint density at radius 1 is 1.12 bits per heavy atom. The van der Waals surface area contributed by atoms with Crippen molar-refractivity contribution < 1.29 is 22.4 Å². The summed E-state index contributed by atoms with van der Waals surface area (Å²) in [7, 11) is 0. The average molecular weight is 363 g/mol. The molecule has 134 valence electrons. The minimum atomic E-state index is -4.66. The summed E-state index contributed by atoms with van der Waals surface area (Å²) in [6.45, 7) is -0.251. The molecule has 0 saturated heterocycles. The van der Waals surface area contributed by atoms with E-state index in [2.05, 4.69) is 15.6 Å². The van der Waals surface area contributed by atoms with Crippen molar-refractivity contribution in [3.05, 3.63) is 71.8 Å². The zero-order valence-corrected chi connectivity index (χ0v) is 13.3. The normalized spacial score (nSPS) is 11.4. The number of carbonyl (C=O) groups is 1. The van der Waals surface area contributed by atoms with Crippen LogP contribution < -0.4 is 10.6 Å². The molecule has 0 aliphatic heterocycles. The minimum Gasteiger partial charge on any atom is -0.334 e. The van der Waals surface area contributed by atoms with Crippen molar-refractivity contribution in [2.24, 2.45) is 0 Å². The molecule has 0 unspecified atom stereocenters. The molecule has 2 amide bonds. The summed E-state index contributed by atoms with van der Waals surface area (Å²) in [5.41, 5.74) is -0.566. The lowest BCUT2D eigenvalue weighted by atomic mass is 10.1. The van der Waals surface area contributed by atoms with E-state index in [1.54, 1.807) is 30.6 Å². The van der Waals surface area contributed by atoms with E-state index in [0.717, 1.165) is 22.9 Å². The Labute approximate surface area is 145 Å². The number of amides is 2. The van der Waals surface area contributed by atoms with Crippen LogP contribution in [0.15, 0.2) is 54.9 Å². The number of anilines is 1. The fourth-order valence-corrected chi connectivity index (χ4v) is 2.50. The Morgan fingerprint density at radius 3 is 2.69 bits per heavy atom. The number of fused-ring (bicyclic) bond motifs is 1. The number of carbonyl (C=O) groups excluding carboxylic acids is 1. The molecule has 1 aromatic heterocycles. The maximum Gasteiger partial charge on any atom is 0.416 e. The third-order valence-corrected chi connectivity index (χ3v) is 3.67. The summed E-state index contributed by atoms with van der Waals surface area (Å²) in [5, 5.41) is 6.63. The highest BCUT2D eigenvalue weighted by atomic mass is 19.4. The molecular formula is C18H13F4N3O. The predicted molar refractivity (Wildman–Crippen MR) is 89.0 cm³/mol. The van der Waals surface area contributed by atoms with Gasteiger partial charge in [0.2, 0.25) is 0 Å². The highest BCUT2D eigenvalue weighted by molar-refractivity contribution is 6.01. The lowest BCUT2D eigenvalue weighted by Crippen LogP contribution is -2.28. The van der Waals surface area contributed by atoms with Crippen molar-refractivity contribution in [2.75, 3.05) is 5.32 Å². The lowest BCUT2D eigenvalue weighted by Gasteiger charge is -2.12. The number of nitrogens with zero attached hydrogens (tertiary/aromatic N) is 1. The third kappa shape index (κ3) is 4.08. The Kier molecular flexibility index (Phi) is 4.75. The molecular weight excluding hydrogens is 350 g/mol. The van der Waals surface area contributed by atoms with Crippen LogP contribution in [0.25, 0.3) is 10.8 Å². The maximum absolute atomic E-state index is 13.4. The van der Waals surface area contributed by atoms with Crippen LogP contribution in [-0.2, 0) is 12.7 Å². The maximum atomic E-state index is 13.4. The highest BCUT2D eigenvalue weighted by Gasteiger charge is 2.31. The van der Waals surface area contributed by atoms with Gasteiger partial charge >= 0.3 is 12.2 Å². The SMILES string of the molecule is O=C(NCc1cc(F)cc(C(F)(F)F)c1)Nc1cccc2cnccc12. The summed E-state index contributed by atoms with van der Waals surface area (Å²) in [4.78, 5) is 16.0. The van der Waals surface area contributed by atoms with Gasteiger partial charge in [-0.05, 0) is 35.9 Å². The minimum absolute atomic E-state index is 0.00888. The molecule has 0 aliphatic carbocycles. The van der Waals surface area contributed by atoms with E-state index in [1.165, 1.54) is 0 Å². The van der Waals surface area contributed by atoms with E-state index in [0.29, 0.717) is 11.8 Å². The van der Waals surface area contributed by atoms with Gasteiger partial charge in [0.15, 0.2) is 0 Å². The number of hydrogen-bond acceptors (Lipinski definition) is 2. The Bertz CT molecular complexity index is 951. The van der Waals surface area contributed by atoms with E-state index in [4.69, 9.17) is 0 Å². The Balaban J connectivity index is 1.70. The first-order valence-electron chi connectivity index (χ1n) is 7.57. The van der Waals surface area contributed by atoms with E-state index in [9.17, 15) is 22.4 Å². The topological polar surface area (TPSA) is 54.0 Å². The largest absolute Gasteiger partial charge is 0.416 e. The number of aromatic nitrogens is 1. The van der Waals surface area contributed by atoms with Crippen LogP contribution in [0.2, 0.25) is 0 Å². The van der Waals surface area contributed by atoms with Crippen LogP contribution in [0.5, 0.6) is 0 Å². The number of alkyl halides is 3. The molecule has 3 rings (SSSR count). The molecule has 0 atom stereocenters. The van der Waals surface area contributed by atoms with Crippen molar-refractivity contribution >= 4 is 22.5 Å². The van der Waals surface area contributed by atoms with Crippen LogP contribution in [0.3, 0.4) is 0 Å². The number of halogens is 4. The van der Waals surface area contributed by atoms with E-state index in [-0.39, 0.29) is 12.1 Å². The second kappa shape index (κ2) is 6.99. The van der Waals surface area contributed by atoms with Crippen LogP contribution >= 0.6 is 0 Å². The quantitative estimate of drug-likeness (QED) is 0.662. The fraction of sp³-hybridized carbons (Fsp3) is 0.111. The third-order valence-electron chi connectivity index (χ3n) is 3.67. The van der Waals surface area contributed by atoms with Gasteiger partial charge in [-0.25, -0.2) is 9.18 Å². The van der Waals surface area contributed by atoms with E-state index in [1.807, 2.05) is 6.07 Å². The lowest BCUT2D eigenvalue weighted by molar-refractivity contribution is -0.137. The first-order valence-corrected chi connectivity index (χ1v) is 7.57. The van der Waals surface area contributed by atoms with Crippen molar-refractivity contribution in [3.8, 4) is 0 Å². The van der Waals surface area contributed by atoms with Crippen molar-refractivity contribution in [3.63, 3.8) is 0 Å². The standard InChI is InChI=1S/C18H13F4N3O/c19-14-7-11(6-13(8-14)18(20,21)22)9-24-17(26)25-16-3-1-2-12-10-23-5-4-15(12)16/h1-8,10H,9H2,(H2,24,25,26). The van der Waals surface area contributed by atoms with Gasteiger partial charge in [-0.15, -0.1) is 0 Å². The molecule has 8 heteroatoms. The van der Waals surface area contributed by atoms with E-state index < -0.39 is 23.6 Å². The van der Waals surface area contributed by atoms with Crippen molar-refractivity contribution in [2.45, 2.75) is 12.7 Å². The number of benzene rings is 2. The molecule has 4 nitrogen and oxygen atoms in total. The van der Waals surface area contributed by atoms with Gasteiger partial charge in [0.25, 0.3) is 0 Å². The van der Waals surface area contributed by atoms with E-state index >= 15 is 0 Å². The van der Waals surface area contributed by atoms with Crippen molar-refractivity contribution in [1.29, 1.82) is 0 Å². The first-order chi connectivity index (χ1) is 12.3. The second-order valence-corrected chi connectivity index (χ2v) is 5.56. The van der Waals surface area contributed by atoms with Crippen LogP contribution in [0.4, 0.5) is 28.0 Å². The van der Waals surface area contributed by atoms with Crippen LogP contribution in [0, 0.1) is 5.82 Å². The van der Waals surface area contributed by atoms with Crippen LogP contribution in [-0.4, -0.2) is 11.0 Å². The number of urea groups is 1. The summed E-state index contributed by atoms with van der Waals surface area (Å²) >= 11 is 0. The van der Waals surface area contributed by atoms with Gasteiger partial charge in [0.1, 0.15) is 5.82 Å². The Morgan fingerprint density at radius 2 is 1.92 bits per heavy atom. The fourth-order valence-electron chi connectivity index (χ4n) is 2.50. The van der Waals surface area contributed by atoms with Gasteiger partial charge in [-0.3, -0.25) is 4.98 Å². The molecule has 0 spiro atoms. The second-order valence-electron chi connectivity index (χ2n) is 5.56. The van der Waals surface area contributed by atoms with Crippen molar-refractivity contribution in [1.82, 2.24) is 10.3 Å². The van der Waals surface area contributed by atoms with Crippen LogP contribution in [0.1, 0.15) is 11.1 Å². The smallest absolute Gasteiger partial charge is 0.334 e. The Hall–Kier alpha value is -3.16. The summed E-state index contributed by atoms with van der Waals surface area (Å²) in [5.74, 6) is -1.02. The van der Waals surface area contributed by atoms with Gasteiger partial charge in [0, 0.05) is 29.7 Å². The van der Waals surface area contributed by atoms with Gasteiger partial charge in [-0.2, -0.15) is 13.2 Å². The number of nitrogens with one attached hydrogen (secondary N) is 2. The molecule has 0 radical (unpaired) electrons. The summed E-state index contributed by atoms with van der Waals surface area (Å²) < 4.78 is 51.5. The first kappa shape index (κ1) is 17.7. The zero-order chi connectivity index (χ0) is 18.7. The van der Waals surface area contributed by atoms with Gasteiger partial charge in [-0.1, -0.05) is 12.1 Å². The molecule has 2 aromatic carbocycles. The molecule has 3 aromatic rings. The zero-order valence-electron chi connectivity index (χ0n) is 13.3. The van der Waals surface area contributed by atoms with Gasteiger partial charge < -0.3 is 10.6 Å². The molecule has 0 aliphatic rings. The highest BCUT2D eigenvalue weighted by Crippen LogP contribution is 2.30. The molecule has 2 N–H and O–H groups in total. The van der Waals surface area contributed by atoms with Gasteiger partial charge in [0.05, 0.1) is 11.3 Å². The molecule has 1 heterocycles. The molecule has 26 heavy (non-hydrogen) atoms. The predicted octanol–water partition coefficient (Wildman–Crippen LogP) is 4.71. The summed E-state index contributed by atoms with van der Waals surface area (Å²) in [6, 6.07) is 8.52. The average Bonchev–Trinajstić information content (AvgIpc) is 2.59.